The van der Waals surface area contributed by atoms with Gasteiger partial charge in [-0.25, -0.2) is 0 Å². The lowest BCUT2D eigenvalue weighted by molar-refractivity contribution is 0.322. The highest BCUT2D eigenvalue weighted by Gasteiger charge is 2.20. The van der Waals surface area contributed by atoms with Crippen molar-refractivity contribution in [2.24, 2.45) is 0 Å². The number of likely N-dealkylation sites (tertiary alicyclic amines) is 1. The molecule has 0 amide bonds. The number of likely N-dealkylation sites (N-methyl/N-ethyl adjacent to an activating group) is 1. The summed E-state index contributed by atoms with van der Waals surface area (Å²) in [7, 11) is 2.05. The van der Waals surface area contributed by atoms with Gasteiger partial charge in [-0.1, -0.05) is 12.1 Å². The lowest BCUT2D eigenvalue weighted by Crippen LogP contribution is -2.29. The van der Waals surface area contributed by atoms with Crippen molar-refractivity contribution in [3.63, 3.8) is 0 Å². The van der Waals surface area contributed by atoms with Gasteiger partial charge < -0.3 is 5.32 Å². The molecule has 18 heavy (non-hydrogen) atoms. The maximum Gasteiger partial charge on any atom is 0.0346 e. The van der Waals surface area contributed by atoms with E-state index in [4.69, 9.17) is 0 Å². The van der Waals surface area contributed by atoms with Crippen LogP contribution in [0.25, 0.3) is 10.8 Å². The van der Waals surface area contributed by atoms with Gasteiger partial charge in [0.2, 0.25) is 0 Å². The summed E-state index contributed by atoms with van der Waals surface area (Å²) < 4.78 is 0. The molecule has 0 unspecified atom stereocenters. The summed E-state index contributed by atoms with van der Waals surface area (Å²) in [6, 6.07) is 9.41. The second-order valence-corrected chi connectivity index (χ2v) is 5.07. The first-order chi connectivity index (χ1) is 8.85. The van der Waals surface area contributed by atoms with Gasteiger partial charge in [0.05, 0.1) is 0 Å². The number of rotatable bonds is 3. The van der Waals surface area contributed by atoms with Gasteiger partial charge in [-0.05, 0) is 36.6 Å². The predicted octanol–water partition coefficient (Wildman–Crippen LogP) is 2.03. The van der Waals surface area contributed by atoms with Crippen LogP contribution in [0.1, 0.15) is 12.0 Å². The van der Waals surface area contributed by atoms with Gasteiger partial charge in [-0.2, -0.15) is 0 Å². The molecular weight excluding hydrogens is 222 g/mol. The van der Waals surface area contributed by atoms with Crippen molar-refractivity contribution in [3.05, 3.63) is 42.2 Å². The molecule has 0 aliphatic carbocycles. The van der Waals surface area contributed by atoms with E-state index < -0.39 is 0 Å². The van der Waals surface area contributed by atoms with Crippen molar-refractivity contribution in [1.82, 2.24) is 15.2 Å². The summed E-state index contributed by atoms with van der Waals surface area (Å²) in [6.45, 7) is 3.40. The molecule has 3 rings (SSSR count). The summed E-state index contributed by atoms with van der Waals surface area (Å²) in [5.41, 5.74) is 1.39. The minimum absolute atomic E-state index is 0.662. The Balaban J connectivity index is 1.75. The first kappa shape index (κ1) is 11.6. The highest BCUT2D eigenvalue weighted by Crippen LogP contribution is 2.18. The maximum absolute atomic E-state index is 4.15. The van der Waals surface area contributed by atoms with Crippen LogP contribution in [-0.4, -0.2) is 36.1 Å². The Bertz CT molecular complexity index is 538. The monoisotopic (exact) mass is 241 g/mol. The van der Waals surface area contributed by atoms with Crippen LogP contribution in [0.3, 0.4) is 0 Å². The van der Waals surface area contributed by atoms with E-state index in [9.17, 15) is 0 Å². The van der Waals surface area contributed by atoms with Crippen molar-refractivity contribution in [3.8, 4) is 0 Å². The Morgan fingerprint density at radius 1 is 1.33 bits per heavy atom. The molecule has 1 aliphatic heterocycles. The number of benzene rings is 1. The SMILES string of the molecule is CN[C@H]1CCN(Cc2ccc3cnccc3c2)C1. The van der Waals surface area contributed by atoms with Crippen LogP contribution < -0.4 is 5.32 Å². The van der Waals surface area contributed by atoms with E-state index >= 15 is 0 Å². The molecule has 0 saturated carbocycles. The normalized spacial score (nSPS) is 20.6. The zero-order chi connectivity index (χ0) is 12.4. The summed E-state index contributed by atoms with van der Waals surface area (Å²) in [5, 5.41) is 5.86. The molecular formula is C15H19N3. The third-order valence-corrected chi connectivity index (χ3v) is 3.79. The summed E-state index contributed by atoms with van der Waals surface area (Å²) in [5.74, 6) is 0. The molecule has 1 aliphatic rings. The van der Waals surface area contributed by atoms with Gasteiger partial charge in [-0.3, -0.25) is 9.88 Å². The molecule has 1 atom stereocenters. The zero-order valence-corrected chi connectivity index (χ0v) is 10.8. The number of fused-ring (bicyclic) bond motifs is 1. The average Bonchev–Trinajstić information content (AvgIpc) is 2.86. The minimum atomic E-state index is 0.662. The van der Waals surface area contributed by atoms with E-state index in [0.29, 0.717) is 6.04 Å². The molecule has 1 aromatic heterocycles. The van der Waals surface area contributed by atoms with Gasteiger partial charge in [0.15, 0.2) is 0 Å². The van der Waals surface area contributed by atoms with E-state index in [1.54, 1.807) is 0 Å². The molecule has 0 spiro atoms. The number of hydrogen-bond donors (Lipinski definition) is 1. The molecule has 1 saturated heterocycles. The van der Waals surface area contributed by atoms with Crippen molar-refractivity contribution in [2.75, 3.05) is 20.1 Å². The summed E-state index contributed by atoms with van der Waals surface area (Å²) in [6.07, 6.45) is 5.04. The van der Waals surface area contributed by atoms with Crippen LogP contribution in [0, 0.1) is 0 Å². The topological polar surface area (TPSA) is 28.2 Å². The van der Waals surface area contributed by atoms with Crippen molar-refractivity contribution >= 4 is 10.8 Å². The molecule has 1 aromatic carbocycles. The quantitative estimate of drug-likeness (QED) is 0.891. The van der Waals surface area contributed by atoms with E-state index in [1.165, 1.54) is 29.3 Å². The highest BCUT2D eigenvalue weighted by atomic mass is 15.2. The third-order valence-electron chi connectivity index (χ3n) is 3.79. The molecule has 3 heteroatoms. The Labute approximate surface area is 108 Å². The van der Waals surface area contributed by atoms with E-state index in [2.05, 4.69) is 46.5 Å². The minimum Gasteiger partial charge on any atom is -0.316 e. The number of aromatic nitrogens is 1. The lowest BCUT2D eigenvalue weighted by Gasteiger charge is -2.16. The largest absolute Gasteiger partial charge is 0.316 e. The van der Waals surface area contributed by atoms with Gasteiger partial charge in [0, 0.05) is 43.5 Å². The fourth-order valence-electron chi connectivity index (χ4n) is 2.70. The molecule has 2 aromatic rings. The van der Waals surface area contributed by atoms with Crippen molar-refractivity contribution in [1.29, 1.82) is 0 Å². The zero-order valence-electron chi connectivity index (χ0n) is 10.8. The number of nitrogens with one attached hydrogen (secondary N) is 1. The van der Waals surface area contributed by atoms with Crippen LogP contribution in [-0.2, 0) is 6.54 Å². The third kappa shape index (κ3) is 2.37. The Morgan fingerprint density at radius 3 is 3.11 bits per heavy atom. The molecule has 94 valence electrons. The molecule has 1 N–H and O–H groups in total. The van der Waals surface area contributed by atoms with Crippen molar-refractivity contribution in [2.45, 2.75) is 19.0 Å². The smallest absolute Gasteiger partial charge is 0.0346 e. The standard InChI is InChI=1S/C15H19N3/c1-16-15-5-7-18(11-15)10-12-2-3-14-9-17-6-4-13(14)8-12/h2-4,6,8-9,15-16H,5,7,10-11H2,1H3/t15-/m0/s1. The first-order valence-corrected chi connectivity index (χ1v) is 6.57. The van der Waals surface area contributed by atoms with E-state index in [1.807, 2.05) is 12.4 Å². The number of pyridine rings is 1. The molecule has 1 fully saturated rings. The molecule has 0 bridgehead atoms. The van der Waals surface area contributed by atoms with Gasteiger partial charge in [0.1, 0.15) is 0 Å². The second kappa shape index (κ2) is 5.04. The Hall–Kier alpha value is -1.45. The molecule has 0 radical (unpaired) electrons. The van der Waals surface area contributed by atoms with Crippen LogP contribution >= 0.6 is 0 Å². The van der Waals surface area contributed by atoms with Crippen LogP contribution in [0.15, 0.2) is 36.7 Å². The fraction of sp³-hybridized carbons (Fsp3) is 0.400. The van der Waals surface area contributed by atoms with Crippen LogP contribution in [0.5, 0.6) is 0 Å². The molecule has 3 nitrogen and oxygen atoms in total. The summed E-state index contributed by atoms with van der Waals surface area (Å²) in [4.78, 5) is 6.67. The number of hydrogen-bond acceptors (Lipinski definition) is 3. The van der Waals surface area contributed by atoms with Gasteiger partial charge in [0.25, 0.3) is 0 Å². The van der Waals surface area contributed by atoms with E-state index in [-0.39, 0.29) is 0 Å². The molecule has 2 heterocycles. The van der Waals surface area contributed by atoms with E-state index in [0.717, 1.165) is 13.1 Å². The lowest BCUT2D eigenvalue weighted by atomic mass is 10.1. The first-order valence-electron chi connectivity index (χ1n) is 6.57. The highest BCUT2D eigenvalue weighted by molar-refractivity contribution is 5.81. The predicted molar refractivity (Wildman–Crippen MR) is 74.5 cm³/mol. The Morgan fingerprint density at radius 2 is 2.28 bits per heavy atom. The van der Waals surface area contributed by atoms with Crippen LogP contribution in [0.4, 0.5) is 0 Å². The van der Waals surface area contributed by atoms with Crippen molar-refractivity contribution < 1.29 is 0 Å². The van der Waals surface area contributed by atoms with Gasteiger partial charge >= 0.3 is 0 Å². The fourth-order valence-corrected chi connectivity index (χ4v) is 2.70. The number of nitrogens with zero attached hydrogens (tertiary/aromatic N) is 2. The summed E-state index contributed by atoms with van der Waals surface area (Å²) >= 11 is 0. The average molecular weight is 241 g/mol. The Kier molecular flexibility index (Phi) is 3.26. The van der Waals surface area contributed by atoms with Gasteiger partial charge in [-0.15, -0.1) is 0 Å². The van der Waals surface area contributed by atoms with Crippen LogP contribution in [0.2, 0.25) is 0 Å². The second-order valence-electron chi connectivity index (χ2n) is 5.07. The maximum atomic E-state index is 4.15.